The number of hydrogen-bond donors (Lipinski definition) is 1. The summed E-state index contributed by atoms with van der Waals surface area (Å²) in [4.78, 5) is 9.17. The van der Waals surface area contributed by atoms with Gasteiger partial charge in [0.1, 0.15) is 11.6 Å². The van der Waals surface area contributed by atoms with E-state index < -0.39 is 0 Å². The molecule has 0 aliphatic heterocycles. The van der Waals surface area contributed by atoms with Gasteiger partial charge in [-0.1, -0.05) is 5.16 Å². The Morgan fingerprint density at radius 1 is 1.30 bits per heavy atom. The number of anilines is 1. The number of nitrogens with zero attached hydrogens (tertiary/aromatic N) is 3. The molecule has 7 heteroatoms. The Labute approximate surface area is 131 Å². The van der Waals surface area contributed by atoms with E-state index in [-0.39, 0.29) is 0 Å². The Bertz CT molecular complexity index is 566. The van der Waals surface area contributed by atoms with Gasteiger partial charge in [0.25, 0.3) is 0 Å². The third kappa shape index (κ3) is 2.93. The van der Waals surface area contributed by atoms with Crippen LogP contribution in [0.4, 0.5) is 5.82 Å². The molecule has 2 aromatic heterocycles. The first-order chi connectivity index (χ1) is 9.58. The second kappa shape index (κ2) is 6.49. The fourth-order valence-electron chi connectivity index (χ4n) is 1.92. The summed E-state index contributed by atoms with van der Waals surface area (Å²) in [6.07, 6.45) is 0. The quantitative estimate of drug-likeness (QED) is 0.795. The molecule has 6 nitrogen and oxygen atoms in total. The zero-order valence-corrected chi connectivity index (χ0v) is 14.1. The average molecular weight is 388 g/mol. The number of nitrogens with one attached hydrogen (secondary N) is 1. The lowest BCUT2D eigenvalue weighted by Gasteiger charge is -2.11. The third-order valence-corrected chi connectivity index (χ3v) is 3.94. The first kappa shape index (κ1) is 15.2. The highest BCUT2D eigenvalue weighted by atomic mass is 127. The number of aromatic nitrogens is 3. The molecule has 0 saturated heterocycles. The van der Waals surface area contributed by atoms with Crippen LogP contribution in [-0.4, -0.2) is 28.8 Å². The highest BCUT2D eigenvalue weighted by molar-refractivity contribution is 14.1. The van der Waals surface area contributed by atoms with E-state index in [0.717, 1.165) is 38.6 Å². The van der Waals surface area contributed by atoms with Crippen LogP contribution in [0, 0.1) is 17.4 Å². The fraction of sp³-hybridized carbons (Fsp3) is 0.462. The Kier molecular flexibility index (Phi) is 4.92. The predicted octanol–water partition coefficient (Wildman–Crippen LogP) is 2.93. The molecular weight excluding hydrogens is 371 g/mol. The molecule has 2 rings (SSSR count). The SMILES string of the molecule is CCNc1nc(-c2c(C)noc2C)nc(COC)c1I. The number of methoxy groups -OCH3 is 1. The van der Waals surface area contributed by atoms with E-state index >= 15 is 0 Å². The first-order valence-corrected chi connectivity index (χ1v) is 7.38. The minimum Gasteiger partial charge on any atom is -0.378 e. The Hall–Kier alpha value is -1.22. The maximum absolute atomic E-state index is 5.21. The second-order valence-corrected chi connectivity index (χ2v) is 5.40. The number of ether oxygens (including phenoxy) is 1. The average Bonchev–Trinajstić information content (AvgIpc) is 2.74. The monoisotopic (exact) mass is 388 g/mol. The largest absolute Gasteiger partial charge is 0.378 e. The molecular formula is C13H17IN4O2. The van der Waals surface area contributed by atoms with Crippen molar-refractivity contribution in [2.24, 2.45) is 0 Å². The van der Waals surface area contributed by atoms with Gasteiger partial charge in [0.15, 0.2) is 5.82 Å². The van der Waals surface area contributed by atoms with Crippen LogP contribution in [0.1, 0.15) is 24.1 Å². The van der Waals surface area contributed by atoms with E-state index in [1.807, 2.05) is 20.8 Å². The minimum atomic E-state index is 0.440. The molecule has 1 N–H and O–H groups in total. The maximum atomic E-state index is 5.21. The molecule has 0 amide bonds. The summed E-state index contributed by atoms with van der Waals surface area (Å²) in [6.45, 7) is 7.01. The van der Waals surface area contributed by atoms with Crippen LogP contribution in [0.3, 0.4) is 0 Å². The van der Waals surface area contributed by atoms with Crippen LogP contribution in [0.5, 0.6) is 0 Å². The van der Waals surface area contributed by atoms with Crippen molar-refractivity contribution in [3.8, 4) is 11.4 Å². The molecule has 0 saturated carbocycles. The molecule has 108 valence electrons. The van der Waals surface area contributed by atoms with E-state index in [1.165, 1.54) is 0 Å². The van der Waals surface area contributed by atoms with Crippen molar-refractivity contribution in [2.75, 3.05) is 19.0 Å². The zero-order chi connectivity index (χ0) is 14.7. The summed E-state index contributed by atoms with van der Waals surface area (Å²) < 4.78 is 11.4. The summed E-state index contributed by atoms with van der Waals surface area (Å²) in [7, 11) is 1.65. The number of hydrogen-bond acceptors (Lipinski definition) is 6. The lowest BCUT2D eigenvalue weighted by molar-refractivity contribution is 0.181. The van der Waals surface area contributed by atoms with Gasteiger partial charge in [-0.25, -0.2) is 9.97 Å². The van der Waals surface area contributed by atoms with Crippen LogP contribution in [0.15, 0.2) is 4.52 Å². The standard InChI is InChI=1S/C13H17IN4O2/c1-5-15-13-11(14)9(6-19-4)16-12(17-13)10-7(2)18-20-8(10)3/h5-6H2,1-4H3,(H,15,16,17). The lowest BCUT2D eigenvalue weighted by atomic mass is 10.2. The summed E-state index contributed by atoms with van der Waals surface area (Å²) in [5.41, 5.74) is 2.49. The molecule has 0 fully saturated rings. The molecule has 0 aromatic carbocycles. The molecule has 0 aliphatic carbocycles. The van der Waals surface area contributed by atoms with Crippen molar-refractivity contribution < 1.29 is 9.26 Å². The van der Waals surface area contributed by atoms with Crippen LogP contribution < -0.4 is 5.32 Å². The van der Waals surface area contributed by atoms with Gasteiger partial charge in [0.05, 0.1) is 27.1 Å². The molecule has 0 radical (unpaired) electrons. The van der Waals surface area contributed by atoms with Crippen LogP contribution >= 0.6 is 22.6 Å². The van der Waals surface area contributed by atoms with Crippen molar-refractivity contribution in [1.82, 2.24) is 15.1 Å². The molecule has 2 aromatic rings. The molecule has 0 bridgehead atoms. The summed E-state index contributed by atoms with van der Waals surface area (Å²) in [6, 6.07) is 0. The molecule has 20 heavy (non-hydrogen) atoms. The van der Waals surface area contributed by atoms with E-state index in [4.69, 9.17) is 9.26 Å². The van der Waals surface area contributed by atoms with Crippen molar-refractivity contribution >= 4 is 28.4 Å². The molecule has 0 atom stereocenters. The van der Waals surface area contributed by atoms with Gasteiger partial charge < -0.3 is 14.6 Å². The van der Waals surface area contributed by atoms with E-state index in [9.17, 15) is 0 Å². The van der Waals surface area contributed by atoms with Crippen LogP contribution in [-0.2, 0) is 11.3 Å². The Balaban J connectivity index is 2.58. The van der Waals surface area contributed by atoms with Crippen molar-refractivity contribution in [2.45, 2.75) is 27.4 Å². The van der Waals surface area contributed by atoms with E-state index in [2.05, 4.69) is 43.0 Å². The predicted molar refractivity (Wildman–Crippen MR) is 84.6 cm³/mol. The van der Waals surface area contributed by atoms with Gasteiger partial charge in [-0.15, -0.1) is 0 Å². The smallest absolute Gasteiger partial charge is 0.167 e. The van der Waals surface area contributed by atoms with Crippen molar-refractivity contribution in [3.05, 3.63) is 20.7 Å². The van der Waals surface area contributed by atoms with Gasteiger partial charge in [-0.05, 0) is 43.4 Å². The Morgan fingerprint density at radius 2 is 2.05 bits per heavy atom. The highest BCUT2D eigenvalue weighted by Gasteiger charge is 2.18. The third-order valence-electron chi connectivity index (χ3n) is 2.80. The minimum absolute atomic E-state index is 0.440. The first-order valence-electron chi connectivity index (χ1n) is 6.30. The molecule has 0 aliphatic rings. The number of rotatable bonds is 5. The summed E-state index contributed by atoms with van der Waals surface area (Å²) >= 11 is 2.23. The van der Waals surface area contributed by atoms with Crippen molar-refractivity contribution in [3.63, 3.8) is 0 Å². The topological polar surface area (TPSA) is 73.1 Å². The van der Waals surface area contributed by atoms with Gasteiger partial charge in [-0.2, -0.15) is 0 Å². The zero-order valence-electron chi connectivity index (χ0n) is 12.0. The van der Waals surface area contributed by atoms with E-state index in [1.54, 1.807) is 7.11 Å². The number of halogens is 1. The molecule has 0 spiro atoms. The van der Waals surface area contributed by atoms with Crippen LogP contribution in [0.2, 0.25) is 0 Å². The van der Waals surface area contributed by atoms with Crippen LogP contribution in [0.25, 0.3) is 11.4 Å². The maximum Gasteiger partial charge on any atom is 0.167 e. The second-order valence-electron chi connectivity index (χ2n) is 4.32. The van der Waals surface area contributed by atoms with Gasteiger partial charge >= 0.3 is 0 Å². The summed E-state index contributed by atoms with van der Waals surface area (Å²) in [5.74, 6) is 2.14. The van der Waals surface area contributed by atoms with Gasteiger partial charge in [-0.3, -0.25) is 0 Å². The van der Waals surface area contributed by atoms with Gasteiger partial charge in [0, 0.05) is 13.7 Å². The Morgan fingerprint density at radius 3 is 2.60 bits per heavy atom. The van der Waals surface area contributed by atoms with Crippen molar-refractivity contribution in [1.29, 1.82) is 0 Å². The normalized spacial score (nSPS) is 10.8. The highest BCUT2D eigenvalue weighted by Crippen LogP contribution is 2.28. The number of aryl methyl sites for hydroxylation is 2. The molecule has 2 heterocycles. The molecule has 0 unspecified atom stereocenters. The van der Waals surface area contributed by atoms with Gasteiger partial charge in [0.2, 0.25) is 0 Å². The van der Waals surface area contributed by atoms with E-state index in [0.29, 0.717) is 12.4 Å². The fourth-order valence-corrected chi connectivity index (χ4v) is 2.51. The lowest BCUT2D eigenvalue weighted by Crippen LogP contribution is -2.09. The summed E-state index contributed by atoms with van der Waals surface area (Å²) in [5, 5.41) is 7.21.